The first-order valence-corrected chi connectivity index (χ1v) is 12.1. The molecule has 3 aliphatic heterocycles. The third-order valence-electron chi connectivity index (χ3n) is 7.51. The number of fused-ring (bicyclic) bond motifs is 4. The van der Waals surface area contributed by atoms with E-state index in [1.807, 2.05) is 36.4 Å². The Morgan fingerprint density at radius 3 is 2.69 bits per heavy atom. The van der Waals surface area contributed by atoms with Crippen molar-refractivity contribution in [3.63, 3.8) is 0 Å². The topological polar surface area (TPSA) is 84.1 Å². The van der Waals surface area contributed by atoms with Crippen molar-refractivity contribution in [1.29, 1.82) is 0 Å². The molecule has 35 heavy (non-hydrogen) atoms. The van der Waals surface area contributed by atoms with Crippen molar-refractivity contribution in [3.05, 3.63) is 59.3 Å². The highest BCUT2D eigenvalue weighted by Gasteiger charge is 2.48. The second-order valence-corrected chi connectivity index (χ2v) is 9.45. The summed E-state index contributed by atoms with van der Waals surface area (Å²) in [5.41, 5.74) is 3.90. The Kier molecular flexibility index (Phi) is 5.40. The first kappa shape index (κ1) is 22.0. The molecule has 4 heterocycles. The minimum absolute atomic E-state index is 0.00665. The first-order valence-electron chi connectivity index (χ1n) is 12.1. The van der Waals surface area contributed by atoms with Crippen molar-refractivity contribution in [2.24, 2.45) is 0 Å². The molecule has 0 saturated carbocycles. The van der Waals surface area contributed by atoms with E-state index in [0.29, 0.717) is 24.5 Å². The van der Waals surface area contributed by atoms with E-state index in [4.69, 9.17) is 14.2 Å². The summed E-state index contributed by atoms with van der Waals surface area (Å²) in [7, 11) is 3.19. The van der Waals surface area contributed by atoms with Gasteiger partial charge in [-0.1, -0.05) is 24.3 Å². The molecular formula is C27H29N3O5. The molecule has 6 rings (SSSR count). The van der Waals surface area contributed by atoms with Crippen molar-refractivity contribution >= 4 is 22.7 Å². The number of nitrogens with one attached hydrogen (secondary N) is 1. The lowest BCUT2D eigenvalue weighted by Gasteiger charge is -2.47. The number of carbonyl (C=O) groups is 2. The number of benzene rings is 2. The van der Waals surface area contributed by atoms with Crippen molar-refractivity contribution in [2.75, 3.05) is 33.9 Å². The molecule has 2 amide bonds. The molecule has 8 heteroatoms. The monoisotopic (exact) mass is 475 g/mol. The molecule has 3 aliphatic rings. The van der Waals surface area contributed by atoms with Gasteiger partial charge in [0.15, 0.2) is 11.5 Å². The normalized spacial score (nSPS) is 24.0. The highest BCUT2D eigenvalue weighted by Crippen LogP contribution is 2.44. The van der Waals surface area contributed by atoms with Crippen molar-refractivity contribution in [3.8, 4) is 11.5 Å². The van der Waals surface area contributed by atoms with Crippen LogP contribution in [0, 0.1) is 0 Å². The molecule has 2 aromatic carbocycles. The summed E-state index contributed by atoms with van der Waals surface area (Å²) in [6, 6.07) is 12.8. The summed E-state index contributed by atoms with van der Waals surface area (Å²) in [6.45, 7) is 1.25. The average molecular weight is 476 g/mol. The van der Waals surface area contributed by atoms with E-state index in [2.05, 4.69) is 11.1 Å². The lowest BCUT2D eigenvalue weighted by molar-refractivity contribution is -0.159. The van der Waals surface area contributed by atoms with Gasteiger partial charge in [0.2, 0.25) is 11.8 Å². The maximum absolute atomic E-state index is 13.8. The maximum Gasteiger partial charge on any atom is 0.246 e. The van der Waals surface area contributed by atoms with Gasteiger partial charge in [-0.05, 0) is 42.2 Å². The minimum atomic E-state index is -0.567. The quantitative estimate of drug-likeness (QED) is 0.613. The molecule has 3 atom stereocenters. The number of rotatable bonds is 5. The second-order valence-electron chi connectivity index (χ2n) is 9.45. The number of ether oxygens (including phenoxy) is 3. The Morgan fingerprint density at radius 2 is 1.91 bits per heavy atom. The number of nitrogens with zero attached hydrogens (tertiary/aromatic N) is 2. The summed E-state index contributed by atoms with van der Waals surface area (Å²) in [5.74, 6) is 1.13. The molecule has 0 aliphatic carbocycles. The van der Waals surface area contributed by atoms with Crippen LogP contribution in [-0.2, 0) is 20.7 Å². The Labute approximate surface area is 203 Å². The number of methoxy groups -OCH3 is 2. The predicted molar refractivity (Wildman–Crippen MR) is 130 cm³/mol. The zero-order valence-electron chi connectivity index (χ0n) is 20.0. The highest BCUT2D eigenvalue weighted by atomic mass is 16.5. The van der Waals surface area contributed by atoms with Gasteiger partial charge >= 0.3 is 0 Å². The largest absolute Gasteiger partial charge is 0.493 e. The van der Waals surface area contributed by atoms with Crippen LogP contribution in [0.2, 0.25) is 0 Å². The van der Waals surface area contributed by atoms with Crippen LogP contribution in [0.4, 0.5) is 0 Å². The van der Waals surface area contributed by atoms with Gasteiger partial charge in [-0.15, -0.1) is 0 Å². The zero-order chi connectivity index (χ0) is 24.1. The Bertz CT molecular complexity index is 1300. The number of para-hydroxylation sites is 1. The first-order chi connectivity index (χ1) is 17.1. The molecule has 3 aromatic rings. The molecule has 0 radical (unpaired) electrons. The van der Waals surface area contributed by atoms with Crippen LogP contribution in [0.15, 0.2) is 42.5 Å². The summed E-state index contributed by atoms with van der Waals surface area (Å²) >= 11 is 0. The van der Waals surface area contributed by atoms with Crippen LogP contribution in [-0.4, -0.2) is 72.7 Å². The summed E-state index contributed by atoms with van der Waals surface area (Å²) in [6.07, 6.45) is 2.41. The Hall–Kier alpha value is -3.52. The molecule has 0 bridgehead atoms. The molecule has 1 aromatic heterocycles. The lowest BCUT2D eigenvalue weighted by atomic mass is 9.86. The van der Waals surface area contributed by atoms with Gasteiger partial charge in [0, 0.05) is 36.2 Å². The molecule has 2 fully saturated rings. The van der Waals surface area contributed by atoms with Crippen LogP contribution in [0.3, 0.4) is 0 Å². The smallest absolute Gasteiger partial charge is 0.246 e. The molecule has 0 spiro atoms. The van der Waals surface area contributed by atoms with E-state index in [1.165, 1.54) is 0 Å². The van der Waals surface area contributed by atoms with E-state index < -0.39 is 12.1 Å². The van der Waals surface area contributed by atoms with Crippen LogP contribution in [0.1, 0.15) is 35.7 Å². The Balaban J connectivity index is 1.46. The molecule has 8 nitrogen and oxygen atoms in total. The van der Waals surface area contributed by atoms with Gasteiger partial charge in [0.25, 0.3) is 0 Å². The number of hydrogen-bond acceptors (Lipinski definition) is 5. The van der Waals surface area contributed by atoms with E-state index in [9.17, 15) is 9.59 Å². The third kappa shape index (κ3) is 3.55. The fraction of sp³-hybridized carbons (Fsp3) is 0.407. The molecule has 2 saturated heterocycles. The highest BCUT2D eigenvalue weighted by molar-refractivity contribution is 5.97. The van der Waals surface area contributed by atoms with Crippen LogP contribution in [0.25, 0.3) is 10.9 Å². The Morgan fingerprint density at radius 1 is 1.09 bits per heavy atom. The fourth-order valence-corrected chi connectivity index (χ4v) is 5.88. The predicted octanol–water partition coefficient (Wildman–Crippen LogP) is 3.05. The van der Waals surface area contributed by atoms with Gasteiger partial charge in [0.1, 0.15) is 6.04 Å². The summed E-state index contributed by atoms with van der Waals surface area (Å²) in [5, 5.41) is 1.09. The van der Waals surface area contributed by atoms with E-state index in [-0.39, 0.29) is 24.5 Å². The average Bonchev–Trinajstić information content (AvgIpc) is 3.53. The standard InChI is InChI=1S/C27H29N3O5/c1-33-22-10-9-16(12-23(22)34-2)26-25-19(18-7-3-4-8-20(18)28-25)13-21-27(32)29(15-24(31)30(21)26)14-17-6-5-11-35-17/h3-4,7-10,12,17,21,26,28H,5-6,11,13-15H2,1-2H3/t17?,21-,26?/m0/s1. The van der Waals surface area contributed by atoms with E-state index in [1.54, 1.807) is 24.0 Å². The number of H-pyrrole nitrogens is 1. The van der Waals surface area contributed by atoms with E-state index in [0.717, 1.165) is 47.2 Å². The number of carbonyl (C=O) groups excluding carboxylic acids is 2. The number of amides is 2. The number of aromatic amines is 1. The second kappa shape index (κ2) is 8.61. The SMILES string of the molecule is COc1ccc(C2c3[nH]c4ccccc4c3C[C@H]3C(=O)N(CC4CCCO4)CC(=O)N23)cc1OC. The molecule has 2 unspecified atom stereocenters. The van der Waals surface area contributed by atoms with Crippen LogP contribution in [0.5, 0.6) is 11.5 Å². The van der Waals surface area contributed by atoms with Crippen molar-refractivity contribution in [1.82, 2.24) is 14.8 Å². The number of aromatic nitrogens is 1. The fourth-order valence-electron chi connectivity index (χ4n) is 5.88. The third-order valence-corrected chi connectivity index (χ3v) is 7.51. The van der Waals surface area contributed by atoms with Crippen molar-refractivity contribution < 1.29 is 23.8 Å². The lowest BCUT2D eigenvalue weighted by Crippen LogP contribution is -2.63. The molecule has 182 valence electrons. The van der Waals surface area contributed by atoms with Crippen LogP contribution < -0.4 is 9.47 Å². The summed E-state index contributed by atoms with van der Waals surface area (Å²) < 4.78 is 16.8. The number of hydrogen-bond donors (Lipinski definition) is 1. The minimum Gasteiger partial charge on any atom is -0.493 e. The van der Waals surface area contributed by atoms with Gasteiger partial charge in [-0.3, -0.25) is 9.59 Å². The molecule has 1 N–H and O–H groups in total. The number of piperazine rings is 1. The van der Waals surface area contributed by atoms with Crippen LogP contribution >= 0.6 is 0 Å². The van der Waals surface area contributed by atoms with Gasteiger partial charge in [-0.25, -0.2) is 0 Å². The maximum atomic E-state index is 13.8. The van der Waals surface area contributed by atoms with Gasteiger partial charge in [-0.2, -0.15) is 0 Å². The van der Waals surface area contributed by atoms with Crippen molar-refractivity contribution in [2.45, 2.75) is 37.5 Å². The van der Waals surface area contributed by atoms with Gasteiger partial charge in [0.05, 0.1) is 32.9 Å². The van der Waals surface area contributed by atoms with Gasteiger partial charge < -0.3 is 29.0 Å². The van der Waals surface area contributed by atoms with E-state index >= 15 is 0 Å². The zero-order valence-corrected chi connectivity index (χ0v) is 20.0. The molecular weight excluding hydrogens is 446 g/mol. The summed E-state index contributed by atoms with van der Waals surface area (Å²) in [4.78, 5) is 34.5.